The number of aliphatic imine (C=N–C) groups is 1. The number of halogens is 1. The molecular formula is C22H31IN4O. The molecule has 1 heterocycles. The molecule has 0 amide bonds. The third-order valence-corrected chi connectivity index (χ3v) is 4.97. The molecule has 28 heavy (non-hydrogen) atoms. The van der Waals surface area contributed by atoms with Crippen LogP contribution in [-0.2, 0) is 13.2 Å². The molecule has 1 atom stereocenters. The number of rotatable bonds is 6. The fourth-order valence-electron chi connectivity index (χ4n) is 3.41. The van der Waals surface area contributed by atoms with Crippen LogP contribution in [0.2, 0.25) is 0 Å². The van der Waals surface area contributed by atoms with E-state index in [9.17, 15) is 5.11 Å². The van der Waals surface area contributed by atoms with Gasteiger partial charge in [-0.05, 0) is 43.5 Å². The van der Waals surface area contributed by atoms with E-state index in [1.165, 1.54) is 11.3 Å². The molecule has 2 aromatic rings. The smallest absolute Gasteiger partial charge is 0.191 e. The summed E-state index contributed by atoms with van der Waals surface area (Å²) >= 11 is 0. The van der Waals surface area contributed by atoms with Crippen LogP contribution in [0.25, 0.3) is 0 Å². The maximum atomic E-state index is 9.49. The molecule has 1 aliphatic rings. The number of nitrogens with zero attached hydrogens (tertiary/aromatic N) is 2. The van der Waals surface area contributed by atoms with E-state index in [4.69, 9.17) is 4.99 Å². The Morgan fingerprint density at radius 3 is 2.54 bits per heavy atom. The summed E-state index contributed by atoms with van der Waals surface area (Å²) in [5.41, 5.74) is 4.56. The van der Waals surface area contributed by atoms with E-state index in [1.807, 2.05) is 24.3 Å². The monoisotopic (exact) mass is 494 g/mol. The van der Waals surface area contributed by atoms with Gasteiger partial charge in [0.1, 0.15) is 0 Å². The number of nitrogens with one attached hydrogen (secondary N) is 2. The van der Waals surface area contributed by atoms with Gasteiger partial charge in [-0.2, -0.15) is 0 Å². The Bertz CT molecular complexity index is 763. The van der Waals surface area contributed by atoms with Crippen molar-refractivity contribution in [2.75, 3.05) is 24.5 Å². The lowest BCUT2D eigenvalue weighted by Gasteiger charge is -2.20. The van der Waals surface area contributed by atoms with Crippen LogP contribution < -0.4 is 15.5 Å². The van der Waals surface area contributed by atoms with Crippen molar-refractivity contribution in [1.82, 2.24) is 10.6 Å². The highest BCUT2D eigenvalue weighted by molar-refractivity contribution is 14.0. The van der Waals surface area contributed by atoms with Gasteiger partial charge in [0.15, 0.2) is 5.96 Å². The van der Waals surface area contributed by atoms with Gasteiger partial charge in [0.25, 0.3) is 0 Å². The first-order valence-electron chi connectivity index (χ1n) is 9.73. The van der Waals surface area contributed by atoms with E-state index in [2.05, 4.69) is 53.6 Å². The molecule has 0 saturated carbocycles. The lowest BCUT2D eigenvalue weighted by atomic mass is 10.1. The van der Waals surface area contributed by atoms with Gasteiger partial charge in [0, 0.05) is 31.4 Å². The molecule has 0 radical (unpaired) electrons. The Hall–Kier alpha value is -1.80. The highest BCUT2D eigenvalue weighted by atomic mass is 127. The molecule has 1 saturated heterocycles. The number of hydrogen-bond donors (Lipinski definition) is 3. The summed E-state index contributed by atoms with van der Waals surface area (Å²) in [6, 6.07) is 17.0. The number of anilines is 1. The summed E-state index contributed by atoms with van der Waals surface area (Å²) in [7, 11) is 0. The van der Waals surface area contributed by atoms with Crippen LogP contribution in [0.3, 0.4) is 0 Å². The Morgan fingerprint density at radius 2 is 1.86 bits per heavy atom. The third-order valence-electron chi connectivity index (χ3n) is 4.97. The van der Waals surface area contributed by atoms with Gasteiger partial charge < -0.3 is 20.6 Å². The molecule has 3 rings (SSSR count). The largest absolute Gasteiger partial charge is 0.392 e. The third kappa shape index (κ3) is 6.10. The van der Waals surface area contributed by atoms with Crippen molar-refractivity contribution in [1.29, 1.82) is 0 Å². The number of aliphatic hydroxyl groups excluding tert-OH is 1. The van der Waals surface area contributed by atoms with Crippen LogP contribution in [0.5, 0.6) is 0 Å². The number of hydrogen-bond acceptors (Lipinski definition) is 3. The number of aliphatic hydroxyl groups is 1. The van der Waals surface area contributed by atoms with Crippen LogP contribution >= 0.6 is 24.0 Å². The molecule has 0 aliphatic carbocycles. The van der Waals surface area contributed by atoms with Crippen LogP contribution in [-0.4, -0.2) is 36.7 Å². The molecule has 6 heteroatoms. The molecule has 1 unspecified atom stereocenters. The minimum atomic E-state index is 0. The molecule has 0 spiro atoms. The molecular weight excluding hydrogens is 463 g/mol. The van der Waals surface area contributed by atoms with E-state index < -0.39 is 0 Å². The van der Waals surface area contributed by atoms with Crippen LogP contribution in [0.15, 0.2) is 53.5 Å². The topological polar surface area (TPSA) is 59.9 Å². The van der Waals surface area contributed by atoms with E-state index >= 15 is 0 Å². The second-order valence-corrected chi connectivity index (χ2v) is 7.03. The van der Waals surface area contributed by atoms with Gasteiger partial charge in [-0.15, -0.1) is 24.0 Å². The fraction of sp³-hybridized carbons (Fsp3) is 0.409. The molecule has 0 aromatic heterocycles. The van der Waals surface area contributed by atoms with Crippen molar-refractivity contribution >= 4 is 35.6 Å². The van der Waals surface area contributed by atoms with Crippen LogP contribution in [0.4, 0.5) is 5.69 Å². The van der Waals surface area contributed by atoms with Crippen molar-refractivity contribution in [3.8, 4) is 0 Å². The Morgan fingerprint density at radius 1 is 1.14 bits per heavy atom. The zero-order valence-electron chi connectivity index (χ0n) is 16.7. The summed E-state index contributed by atoms with van der Waals surface area (Å²) < 4.78 is 0. The minimum Gasteiger partial charge on any atom is -0.392 e. The molecule has 2 aromatic carbocycles. The minimum absolute atomic E-state index is 0. The maximum absolute atomic E-state index is 9.49. The zero-order chi connectivity index (χ0) is 19.1. The second-order valence-electron chi connectivity index (χ2n) is 7.03. The van der Waals surface area contributed by atoms with Gasteiger partial charge in [-0.3, -0.25) is 0 Å². The highest BCUT2D eigenvalue weighted by Crippen LogP contribution is 2.20. The van der Waals surface area contributed by atoms with E-state index in [0.717, 1.165) is 43.1 Å². The van der Waals surface area contributed by atoms with Crippen molar-refractivity contribution in [3.63, 3.8) is 0 Å². The number of guanidine groups is 1. The van der Waals surface area contributed by atoms with Crippen molar-refractivity contribution in [2.24, 2.45) is 4.99 Å². The summed E-state index contributed by atoms with van der Waals surface area (Å²) in [5.74, 6) is 0.834. The predicted molar refractivity (Wildman–Crippen MR) is 128 cm³/mol. The Kier molecular flexibility index (Phi) is 9.05. The van der Waals surface area contributed by atoms with Crippen LogP contribution in [0.1, 0.15) is 30.0 Å². The van der Waals surface area contributed by atoms with Crippen molar-refractivity contribution in [3.05, 3.63) is 65.2 Å². The van der Waals surface area contributed by atoms with E-state index in [-0.39, 0.29) is 30.6 Å². The van der Waals surface area contributed by atoms with Gasteiger partial charge in [-0.25, -0.2) is 4.99 Å². The van der Waals surface area contributed by atoms with Gasteiger partial charge >= 0.3 is 0 Å². The average molecular weight is 494 g/mol. The molecule has 1 aliphatic heterocycles. The van der Waals surface area contributed by atoms with Crippen LogP contribution in [0, 0.1) is 6.92 Å². The Labute approximate surface area is 185 Å². The second kappa shape index (κ2) is 11.3. The lowest BCUT2D eigenvalue weighted by Crippen LogP contribution is -2.44. The molecule has 3 N–H and O–H groups in total. The SMILES string of the molecule is CCNC(=NCc1ccccc1CO)NC1CCN(c2ccc(C)cc2)C1.I. The maximum Gasteiger partial charge on any atom is 0.191 e. The van der Waals surface area contributed by atoms with E-state index in [1.54, 1.807) is 0 Å². The first kappa shape index (κ1) is 22.5. The highest BCUT2D eigenvalue weighted by Gasteiger charge is 2.23. The summed E-state index contributed by atoms with van der Waals surface area (Å²) in [6.45, 7) is 7.64. The number of aryl methyl sites for hydroxylation is 1. The Balaban J connectivity index is 0.00000280. The number of benzene rings is 2. The normalized spacial score (nSPS) is 16.6. The zero-order valence-corrected chi connectivity index (χ0v) is 19.0. The summed E-state index contributed by atoms with van der Waals surface area (Å²) in [4.78, 5) is 7.15. The van der Waals surface area contributed by atoms with Gasteiger partial charge in [0.2, 0.25) is 0 Å². The average Bonchev–Trinajstić information content (AvgIpc) is 3.15. The first-order chi connectivity index (χ1) is 13.2. The quantitative estimate of drug-likeness (QED) is 0.327. The summed E-state index contributed by atoms with van der Waals surface area (Å²) in [5, 5.41) is 16.4. The van der Waals surface area contributed by atoms with Gasteiger partial charge in [-0.1, -0.05) is 42.0 Å². The summed E-state index contributed by atoms with van der Waals surface area (Å²) in [6.07, 6.45) is 1.09. The van der Waals surface area contributed by atoms with Crippen molar-refractivity contribution < 1.29 is 5.11 Å². The fourth-order valence-corrected chi connectivity index (χ4v) is 3.41. The van der Waals surface area contributed by atoms with Crippen molar-refractivity contribution in [2.45, 2.75) is 39.5 Å². The van der Waals surface area contributed by atoms with Gasteiger partial charge in [0.05, 0.1) is 13.2 Å². The van der Waals surface area contributed by atoms with E-state index in [0.29, 0.717) is 12.6 Å². The molecule has 5 nitrogen and oxygen atoms in total. The molecule has 152 valence electrons. The molecule has 1 fully saturated rings. The first-order valence-corrected chi connectivity index (χ1v) is 9.73. The standard InChI is InChI=1S/C22H30N4O.HI/c1-3-23-22(24-14-18-6-4-5-7-19(18)16-27)25-20-12-13-26(15-20)21-10-8-17(2)9-11-21;/h4-11,20,27H,3,12-16H2,1-2H3,(H2,23,24,25);1H. The predicted octanol–water partition coefficient (Wildman–Crippen LogP) is 3.44. The molecule has 0 bridgehead atoms. The lowest BCUT2D eigenvalue weighted by molar-refractivity contribution is 0.280.